The first-order chi connectivity index (χ1) is 11.4. The summed E-state index contributed by atoms with van der Waals surface area (Å²) in [6.45, 7) is 1.02. The quantitative estimate of drug-likeness (QED) is 0.817. The van der Waals surface area contributed by atoms with Gasteiger partial charge in [-0.2, -0.15) is 22.1 Å². The fourth-order valence-electron chi connectivity index (χ4n) is 2.92. The van der Waals surface area contributed by atoms with Crippen molar-refractivity contribution in [2.24, 2.45) is 7.05 Å². The SMILES string of the molecule is CN(C)S(=O)(=O)N1CCC(c2cnc(-c3ccnn3C)cn2)CC1. The maximum atomic E-state index is 12.2. The Labute approximate surface area is 142 Å². The van der Waals surface area contributed by atoms with E-state index in [0.29, 0.717) is 13.1 Å². The predicted molar refractivity (Wildman–Crippen MR) is 90.4 cm³/mol. The first kappa shape index (κ1) is 17.0. The zero-order valence-electron chi connectivity index (χ0n) is 14.1. The lowest BCUT2D eigenvalue weighted by Crippen LogP contribution is -2.44. The van der Waals surface area contributed by atoms with Crippen molar-refractivity contribution < 1.29 is 8.42 Å². The van der Waals surface area contributed by atoms with Gasteiger partial charge < -0.3 is 0 Å². The molecule has 1 aliphatic heterocycles. The van der Waals surface area contributed by atoms with E-state index in [1.165, 1.54) is 8.61 Å². The highest BCUT2D eigenvalue weighted by Gasteiger charge is 2.30. The van der Waals surface area contributed by atoms with Crippen LogP contribution in [0, 0.1) is 0 Å². The molecule has 0 aliphatic carbocycles. The van der Waals surface area contributed by atoms with Gasteiger partial charge in [0.25, 0.3) is 10.2 Å². The van der Waals surface area contributed by atoms with Crippen LogP contribution < -0.4 is 0 Å². The van der Waals surface area contributed by atoms with Crippen LogP contribution in [0.2, 0.25) is 0 Å². The van der Waals surface area contributed by atoms with Crippen LogP contribution in [0.1, 0.15) is 24.5 Å². The standard InChI is InChI=1S/C15H22N6O2S/c1-19(2)24(22,23)21-8-5-12(6-9-21)13-10-17-14(11-16-13)15-4-7-18-20(15)3/h4,7,10-12H,5-6,8-9H2,1-3H3. The molecule has 24 heavy (non-hydrogen) atoms. The summed E-state index contributed by atoms with van der Waals surface area (Å²) in [5, 5.41) is 4.13. The second-order valence-electron chi connectivity index (χ2n) is 6.13. The fourth-order valence-corrected chi connectivity index (χ4v) is 4.05. The Bertz CT molecular complexity index is 792. The molecule has 2 aromatic heterocycles. The molecule has 0 spiro atoms. The second kappa shape index (κ2) is 6.58. The number of aryl methyl sites for hydroxylation is 1. The fraction of sp³-hybridized carbons (Fsp3) is 0.533. The van der Waals surface area contributed by atoms with Crippen LogP contribution in [0.25, 0.3) is 11.4 Å². The number of hydrogen-bond donors (Lipinski definition) is 0. The molecule has 1 aliphatic rings. The summed E-state index contributed by atoms with van der Waals surface area (Å²) in [7, 11) is 1.66. The number of nitrogens with zero attached hydrogens (tertiary/aromatic N) is 6. The Morgan fingerprint density at radius 1 is 1.17 bits per heavy atom. The van der Waals surface area contributed by atoms with Gasteiger partial charge in [0.15, 0.2) is 0 Å². The number of aromatic nitrogens is 4. The largest absolute Gasteiger partial charge is 0.281 e. The minimum Gasteiger partial charge on any atom is -0.266 e. The molecule has 1 saturated heterocycles. The third kappa shape index (κ3) is 3.19. The average molecular weight is 350 g/mol. The van der Waals surface area contributed by atoms with Gasteiger partial charge in [0, 0.05) is 52.5 Å². The summed E-state index contributed by atoms with van der Waals surface area (Å²) in [6, 6.07) is 1.90. The molecule has 0 unspecified atom stereocenters. The van der Waals surface area contributed by atoms with E-state index in [1.54, 1.807) is 37.4 Å². The van der Waals surface area contributed by atoms with Crippen LogP contribution in [0.4, 0.5) is 0 Å². The van der Waals surface area contributed by atoms with Crippen molar-refractivity contribution in [3.63, 3.8) is 0 Å². The van der Waals surface area contributed by atoms with Gasteiger partial charge in [-0.1, -0.05) is 0 Å². The molecule has 0 amide bonds. The molecule has 0 radical (unpaired) electrons. The molecule has 0 bridgehead atoms. The van der Waals surface area contributed by atoms with E-state index in [4.69, 9.17) is 0 Å². The Balaban J connectivity index is 1.68. The molecule has 1 fully saturated rings. The van der Waals surface area contributed by atoms with Crippen molar-refractivity contribution in [1.29, 1.82) is 0 Å². The Morgan fingerprint density at radius 2 is 1.88 bits per heavy atom. The van der Waals surface area contributed by atoms with Gasteiger partial charge in [-0.15, -0.1) is 0 Å². The normalized spacial score (nSPS) is 17.5. The minimum absolute atomic E-state index is 0.242. The number of rotatable bonds is 4. The zero-order chi connectivity index (χ0) is 17.3. The molecule has 2 aromatic rings. The van der Waals surface area contributed by atoms with E-state index in [-0.39, 0.29) is 5.92 Å². The van der Waals surface area contributed by atoms with Crippen molar-refractivity contribution in [3.05, 3.63) is 30.4 Å². The lowest BCUT2D eigenvalue weighted by molar-refractivity contribution is 0.300. The molecule has 3 heterocycles. The average Bonchev–Trinajstić information content (AvgIpc) is 3.01. The van der Waals surface area contributed by atoms with Crippen molar-refractivity contribution in [3.8, 4) is 11.4 Å². The zero-order valence-corrected chi connectivity index (χ0v) is 14.9. The van der Waals surface area contributed by atoms with E-state index < -0.39 is 10.2 Å². The van der Waals surface area contributed by atoms with Crippen LogP contribution in [0.5, 0.6) is 0 Å². The summed E-state index contributed by atoms with van der Waals surface area (Å²) in [4.78, 5) is 9.03. The second-order valence-corrected chi connectivity index (χ2v) is 8.27. The van der Waals surface area contributed by atoms with Gasteiger partial charge in [-0.25, -0.2) is 0 Å². The van der Waals surface area contributed by atoms with Crippen LogP contribution in [0.3, 0.4) is 0 Å². The molecular weight excluding hydrogens is 328 g/mol. The van der Waals surface area contributed by atoms with E-state index >= 15 is 0 Å². The third-order valence-electron chi connectivity index (χ3n) is 4.42. The minimum atomic E-state index is -3.33. The van der Waals surface area contributed by atoms with Crippen LogP contribution in [0.15, 0.2) is 24.7 Å². The molecule has 0 aromatic carbocycles. The van der Waals surface area contributed by atoms with Crippen LogP contribution in [-0.4, -0.2) is 64.0 Å². The van der Waals surface area contributed by atoms with Gasteiger partial charge >= 0.3 is 0 Å². The first-order valence-electron chi connectivity index (χ1n) is 7.87. The summed E-state index contributed by atoms with van der Waals surface area (Å²) in [6.07, 6.45) is 6.80. The molecule has 3 rings (SSSR count). The molecule has 9 heteroatoms. The maximum Gasteiger partial charge on any atom is 0.281 e. The highest BCUT2D eigenvalue weighted by atomic mass is 32.2. The lowest BCUT2D eigenvalue weighted by Gasteiger charge is -2.32. The lowest BCUT2D eigenvalue weighted by atomic mass is 9.95. The van der Waals surface area contributed by atoms with Gasteiger partial charge in [-0.3, -0.25) is 14.6 Å². The Kier molecular flexibility index (Phi) is 4.66. The number of hydrogen-bond acceptors (Lipinski definition) is 5. The van der Waals surface area contributed by atoms with E-state index in [1.807, 2.05) is 13.1 Å². The van der Waals surface area contributed by atoms with Crippen LogP contribution in [-0.2, 0) is 17.3 Å². The summed E-state index contributed by atoms with van der Waals surface area (Å²) in [5.74, 6) is 0.242. The topological polar surface area (TPSA) is 84.2 Å². The van der Waals surface area contributed by atoms with E-state index in [0.717, 1.165) is 29.9 Å². The molecule has 0 saturated carbocycles. The monoisotopic (exact) mass is 350 g/mol. The molecule has 130 valence electrons. The van der Waals surface area contributed by atoms with Gasteiger partial charge in [0.05, 0.1) is 17.6 Å². The molecule has 8 nitrogen and oxygen atoms in total. The molecule has 0 N–H and O–H groups in total. The molecular formula is C15H22N6O2S. The van der Waals surface area contributed by atoms with Gasteiger partial charge in [0.1, 0.15) is 5.69 Å². The maximum absolute atomic E-state index is 12.2. The van der Waals surface area contributed by atoms with Crippen molar-refractivity contribution in [2.75, 3.05) is 27.2 Å². The third-order valence-corrected chi connectivity index (χ3v) is 6.36. The highest BCUT2D eigenvalue weighted by Crippen LogP contribution is 2.28. The van der Waals surface area contributed by atoms with Crippen LogP contribution >= 0.6 is 0 Å². The number of piperidine rings is 1. The van der Waals surface area contributed by atoms with E-state index in [9.17, 15) is 8.42 Å². The van der Waals surface area contributed by atoms with Crippen molar-refractivity contribution >= 4 is 10.2 Å². The van der Waals surface area contributed by atoms with Crippen molar-refractivity contribution in [1.82, 2.24) is 28.4 Å². The predicted octanol–water partition coefficient (Wildman–Crippen LogP) is 0.863. The summed E-state index contributed by atoms with van der Waals surface area (Å²) < 4.78 is 28.9. The molecule has 0 atom stereocenters. The smallest absolute Gasteiger partial charge is 0.266 e. The Hall–Kier alpha value is -1.84. The van der Waals surface area contributed by atoms with Crippen molar-refractivity contribution in [2.45, 2.75) is 18.8 Å². The highest BCUT2D eigenvalue weighted by molar-refractivity contribution is 7.86. The Morgan fingerprint density at radius 3 is 2.38 bits per heavy atom. The summed E-state index contributed by atoms with van der Waals surface area (Å²) >= 11 is 0. The van der Waals surface area contributed by atoms with Gasteiger partial charge in [-0.05, 0) is 18.9 Å². The van der Waals surface area contributed by atoms with Gasteiger partial charge in [0.2, 0.25) is 0 Å². The first-order valence-corrected chi connectivity index (χ1v) is 9.27. The summed E-state index contributed by atoms with van der Waals surface area (Å²) in [5.41, 5.74) is 2.62. The van der Waals surface area contributed by atoms with E-state index in [2.05, 4.69) is 15.1 Å².